The maximum atomic E-state index is 12.4. The topological polar surface area (TPSA) is 83.6 Å². The average molecular weight is 407 g/mol. The summed E-state index contributed by atoms with van der Waals surface area (Å²) in [6, 6.07) is 12.3. The van der Waals surface area contributed by atoms with Gasteiger partial charge in [-0.15, -0.1) is 0 Å². The fourth-order valence-corrected chi connectivity index (χ4v) is 3.37. The zero-order valence-electron chi connectivity index (χ0n) is 14.6. The van der Waals surface area contributed by atoms with Crippen LogP contribution in [0.15, 0.2) is 60.1 Å². The number of hydrogen-bond acceptors (Lipinski definition) is 6. The smallest absolute Gasteiger partial charge is 0.318 e. The van der Waals surface area contributed by atoms with Crippen molar-refractivity contribution < 1.29 is 13.2 Å². The Labute approximate surface area is 165 Å². The summed E-state index contributed by atoms with van der Waals surface area (Å²) in [5.74, 6) is 0.643. The van der Waals surface area contributed by atoms with Crippen LogP contribution < -0.4 is 14.2 Å². The summed E-state index contributed by atoms with van der Waals surface area (Å²) in [5, 5.41) is 3.64. The van der Waals surface area contributed by atoms with E-state index in [0.717, 1.165) is 12.1 Å². The molecule has 9 heteroatoms. The van der Waals surface area contributed by atoms with E-state index in [1.165, 1.54) is 0 Å². The van der Waals surface area contributed by atoms with E-state index in [1.807, 2.05) is 17.0 Å². The highest BCUT2D eigenvalue weighted by Crippen LogP contribution is 2.17. The van der Waals surface area contributed by atoms with Gasteiger partial charge < -0.3 is 14.4 Å². The van der Waals surface area contributed by atoms with Crippen LogP contribution in [0.1, 0.15) is 12.5 Å². The number of nitrogens with one attached hydrogen (secondary N) is 2. The van der Waals surface area contributed by atoms with Crippen molar-refractivity contribution in [1.82, 2.24) is 19.9 Å². The van der Waals surface area contributed by atoms with Gasteiger partial charge in [0.25, 0.3) is 5.91 Å². The minimum Gasteiger partial charge on any atom is -0.385 e. The molecule has 0 radical (unpaired) electrons. The van der Waals surface area contributed by atoms with Crippen LogP contribution in [0.25, 0.3) is 0 Å². The van der Waals surface area contributed by atoms with Crippen LogP contribution in [0.5, 0.6) is 5.75 Å². The first-order valence-corrected chi connectivity index (χ1v) is 9.74. The quantitative estimate of drug-likeness (QED) is 0.565. The minimum absolute atomic E-state index is 0.414. The number of carbonyl (C=O) groups excluding carboxylic acids is 1. The molecular weight excluding hydrogens is 388 g/mol. The number of pyridine rings is 1. The van der Waals surface area contributed by atoms with Crippen LogP contribution in [0.4, 0.5) is 0 Å². The second kappa shape index (κ2) is 8.88. The third kappa shape index (κ3) is 5.21. The lowest BCUT2D eigenvalue weighted by Gasteiger charge is -2.20. The highest BCUT2D eigenvalue weighted by Gasteiger charge is 2.23. The van der Waals surface area contributed by atoms with Crippen molar-refractivity contribution in [3.63, 3.8) is 0 Å². The number of aromatic nitrogens is 1. The Balaban J connectivity index is 1.64. The molecule has 142 valence electrons. The van der Waals surface area contributed by atoms with Crippen molar-refractivity contribution in [3.8, 4) is 5.75 Å². The summed E-state index contributed by atoms with van der Waals surface area (Å²) in [4.78, 5) is 18.5. The molecule has 1 aliphatic rings. The minimum atomic E-state index is -1.98. The Morgan fingerprint density at radius 2 is 2.11 bits per heavy atom. The zero-order chi connectivity index (χ0) is 19.2. The molecule has 1 atom stereocenters. The number of nitrogens with zero attached hydrogens (tertiary/aromatic N) is 2. The fourth-order valence-electron chi connectivity index (χ4n) is 2.63. The molecule has 0 spiro atoms. The van der Waals surface area contributed by atoms with E-state index in [1.54, 1.807) is 43.5 Å². The summed E-state index contributed by atoms with van der Waals surface area (Å²) < 4.78 is 19.6. The van der Waals surface area contributed by atoms with E-state index >= 15 is 0 Å². The summed E-state index contributed by atoms with van der Waals surface area (Å²) in [5.41, 5.74) is 1.41. The molecule has 0 aliphatic carbocycles. The van der Waals surface area contributed by atoms with E-state index in [-0.39, 0.29) is 0 Å². The molecule has 1 aromatic heterocycles. The standard InChI is InChI=1S/C18H19ClN4O3S/c1-13(18(24)22-27(25)26-15-5-3-2-4-6-15)17-20-9-10-23(17)12-14-7-8-16(19)21-11-14/h2-8,11,20H,9-10,12H2,1H3,(H,22,24)/b17-13+. The van der Waals surface area contributed by atoms with E-state index in [2.05, 4.69) is 15.0 Å². The first kappa shape index (κ1) is 19.2. The molecule has 1 amide bonds. The van der Waals surface area contributed by atoms with Crippen LogP contribution in [0.2, 0.25) is 5.15 Å². The molecule has 1 unspecified atom stereocenters. The van der Waals surface area contributed by atoms with Crippen LogP contribution in [-0.2, 0) is 22.6 Å². The summed E-state index contributed by atoms with van der Waals surface area (Å²) in [6.07, 6.45) is 1.70. The van der Waals surface area contributed by atoms with Crippen molar-refractivity contribution in [1.29, 1.82) is 0 Å². The summed E-state index contributed by atoms with van der Waals surface area (Å²) >= 11 is 3.84. The molecule has 2 N–H and O–H groups in total. The number of benzene rings is 1. The van der Waals surface area contributed by atoms with Crippen molar-refractivity contribution in [3.05, 3.63) is 70.8 Å². The maximum Gasteiger partial charge on any atom is 0.318 e. The summed E-state index contributed by atoms with van der Waals surface area (Å²) in [7, 11) is 0. The van der Waals surface area contributed by atoms with Gasteiger partial charge in [0, 0.05) is 25.8 Å². The van der Waals surface area contributed by atoms with Gasteiger partial charge in [-0.3, -0.25) is 4.79 Å². The molecule has 1 aliphatic heterocycles. The Kier molecular flexibility index (Phi) is 6.31. The molecule has 1 fully saturated rings. The monoisotopic (exact) mass is 406 g/mol. The van der Waals surface area contributed by atoms with Gasteiger partial charge in [-0.05, 0) is 30.7 Å². The maximum absolute atomic E-state index is 12.4. The van der Waals surface area contributed by atoms with Crippen LogP contribution in [0, 0.1) is 0 Å². The van der Waals surface area contributed by atoms with Gasteiger partial charge in [0.1, 0.15) is 16.7 Å². The van der Waals surface area contributed by atoms with Gasteiger partial charge in [-0.25, -0.2) is 9.71 Å². The lowest BCUT2D eigenvalue weighted by Crippen LogP contribution is -2.32. The second-order valence-electron chi connectivity index (χ2n) is 5.87. The normalized spacial score (nSPS) is 16.4. The molecule has 7 nitrogen and oxygen atoms in total. The van der Waals surface area contributed by atoms with Crippen LogP contribution >= 0.6 is 11.6 Å². The third-order valence-electron chi connectivity index (χ3n) is 3.94. The first-order chi connectivity index (χ1) is 13.0. The Morgan fingerprint density at radius 3 is 2.81 bits per heavy atom. The van der Waals surface area contributed by atoms with Gasteiger partial charge in [-0.2, -0.15) is 4.21 Å². The van der Waals surface area contributed by atoms with Crippen molar-refractivity contribution in [2.75, 3.05) is 13.1 Å². The van der Waals surface area contributed by atoms with Gasteiger partial charge in [0.05, 0.1) is 5.57 Å². The number of amides is 1. The Bertz CT molecular complexity index is 859. The molecule has 0 saturated carbocycles. The molecule has 27 heavy (non-hydrogen) atoms. The number of hydrogen-bond donors (Lipinski definition) is 2. The first-order valence-electron chi connectivity index (χ1n) is 8.29. The van der Waals surface area contributed by atoms with E-state index in [9.17, 15) is 9.00 Å². The number of rotatable bonds is 6. The van der Waals surface area contributed by atoms with Crippen LogP contribution in [-0.4, -0.2) is 33.1 Å². The lowest BCUT2D eigenvalue weighted by atomic mass is 10.2. The van der Waals surface area contributed by atoms with Crippen LogP contribution in [0.3, 0.4) is 0 Å². The molecule has 0 bridgehead atoms. The van der Waals surface area contributed by atoms with Gasteiger partial charge in [0.15, 0.2) is 0 Å². The number of carbonyl (C=O) groups is 1. The second-order valence-corrected chi connectivity index (χ2v) is 7.10. The fraction of sp³-hybridized carbons (Fsp3) is 0.222. The van der Waals surface area contributed by atoms with E-state index in [4.69, 9.17) is 15.8 Å². The number of halogens is 1. The molecular formula is C18H19ClN4O3S. The van der Waals surface area contributed by atoms with Crippen molar-refractivity contribution in [2.24, 2.45) is 0 Å². The molecule has 2 aromatic rings. The SMILES string of the molecule is C/C(C(=O)NS(=O)Oc1ccccc1)=C1/NCCN1Cc1ccc(Cl)nc1. The molecule has 1 aromatic carbocycles. The average Bonchev–Trinajstić information content (AvgIpc) is 3.11. The van der Waals surface area contributed by atoms with Gasteiger partial charge >= 0.3 is 11.3 Å². The molecule has 2 heterocycles. The predicted molar refractivity (Wildman–Crippen MR) is 104 cm³/mol. The number of para-hydroxylation sites is 1. The zero-order valence-corrected chi connectivity index (χ0v) is 16.2. The highest BCUT2D eigenvalue weighted by atomic mass is 35.5. The van der Waals surface area contributed by atoms with Gasteiger partial charge in [0.2, 0.25) is 0 Å². The molecule has 1 saturated heterocycles. The Morgan fingerprint density at radius 1 is 1.33 bits per heavy atom. The van der Waals surface area contributed by atoms with E-state index < -0.39 is 17.2 Å². The van der Waals surface area contributed by atoms with Crippen molar-refractivity contribution >= 4 is 28.8 Å². The summed E-state index contributed by atoms with van der Waals surface area (Å²) in [6.45, 7) is 3.72. The van der Waals surface area contributed by atoms with Gasteiger partial charge in [-0.1, -0.05) is 35.9 Å². The molecule has 3 rings (SSSR count). The predicted octanol–water partition coefficient (Wildman–Crippen LogP) is 2.15. The highest BCUT2D eigenvalue weighted by molar-refractivity contribution is 7.79. The largest absolute Gasteiger partial charge is 0.385 e. The van der Waals surface area contributed by atoms with E-state index in [0.29, 0.717) is 35.4 Å². The van der Waals surface area contributed by atoms with Crippen molar-refractivity contribution in [2.45, 2.75) is 13.5 Å². The Hall–Kier alpha value is -2.58. The third-order valence-corrected chi connectivity index (χ3v) is 4.86. The lowest BCUT2D eigenvalue weighted by molar-refractivity contribution is -0.115.